The Labute approximate surface area is 66.9 Å². The summed E-state index contributed by atoms with van der Waals surface area (Å²) >= 11 is 2.31. The fourth-order valence-corrected chi connectivity index (χ4v) is 1.57. The third-order valence-electron chi connectivity index (χ3n) is 1.39. The highest BCUT2D eigenvalue weighted by Gasteiger charge is 2.17. The normalized spacial score (nSPS) is 22.1. The third-order valence-corrected chi connectivity index (χ3v) is 2.28. The molecule has 0 aromatic heterocycles. The van der Waals surface area contributed by atoms with Gasteiger partial charge in [0.15, 0.2) is 0 Å². The molecule has 2 aliphatic heterocycles. The summed E-state index contributed by atoms with van der Waals surface area (Å²) in [4.78, 5) is 4.17. The Morgan fingerprint density at radius 1 is 1.67 bits per heavy atom. The minimum absolute atomic E-state index is 0.957. The average molecular weight is 232 g/mol. The van der Waals surface area contributed by atoms with Gasteiger partial charge >= 0.3 is 0 Å². The number of halogens is 1. The molecule has 3 heteroatoms. The van der Waals surface area contributed by atoms with Crippen molar-refractivity contribution < 1.29 is 0 Å². The van der Waals surface area contributed by atoms with Crippen LogP contribution in [0.5, 0.6) is 0 Å². The van der Waals surface area contributed by atoms with Gasteiger partial charge in [-0.05, 0) is 28.7 Å². The van der Waals surface area contributed by atoms with E-state index in [0.29, 0.717) is 0 Å². The van der Waals surface area contributed by atoms with Crippen LogP contribution in [0.15, 0.2) is 26.0 Å². The minimum Gasteiger partial charge on any atom is -0.379 e. The van der Waals surface area contributed by atoms with Crippen molar-refractivity contribution in [3.8, 4) is 0 Å². The van der Waals surface area contributed by atoms with Gasteiger partial charge in [0, 0.05) is 16.3 Å². The lowest BCUT2D eigenvalue weighted by Gasteiger charge is -1.91. The van der Waals surface area contributed by atoms with Crippen LogP contribution in [0.25, 0.3) is 0 Å². The molecule has 0 unspecified atom stereocenters. The van der Waals surface area contributed by atoms with Gasteiger partial charge in [-0.25, -0.2) is 0 Å². The van der Waals surface area contributed by atoms with Crippen molar-refractivity contribution in [3.05, 3.63) is 21.0 Å². The van der Waals surface area contributed by atoms with Gasteiger partial charge in [-0.15, -0.1) is 0 Å². The predicted molar refractivity (Wildman–Crippen MR) is 45.6 cm³/mol. The van der Waals surface area contributed by atoms with Crippen molar-refractivity contribution in [3.63, 3.8) is 0 Å². The lowest BCUT2D eigenvalue weighted by Crippen LogP contribution is -2.05. The molecule has 1 N–H and O–H groups in total. The third kappa shape index (κ3) is 0.710. The highest BCUT2D eigenvalue weighted by Crippen LogP contribution is 2.27. The first-order chi connectivity index (χ1) is 4.38. The molecule has 0 aromatic rings. The summed E-state index contributed by atoms with van der Waals surface area (Å²) in [5.41, 5.74) is 2.31. The second-order valence-corrected chi connectivity index (χ2v) is 3.27. The SMILES string of the molecule is IC1=C2N=CC=C2NC1. The summed E-state index contributed by atoms with van der Waals surface area (Å²) in [7, 11) is 0. The molecule has 2 nitrogen and oxygen atoms in total. The highest BCUT2D eigenvalue weighted by molar-refractivity contribution is 14.1. The number of nitrogens with one attached hydrogen (secondary N) is 1. The monoisotopic (exact) mass is 232 g/mol. The van der Waals surface area contributed by atoms with Crippen LogP contribution in [0.2, 0.25) is 0 Å². The molecule has 0 amide bonds. The van der Waals surface area contributed by atoms with E-state index >= 15 is 0 Å². The maximum absolute atomic E-state index is 4.17. The average Bonchev–Trinajstić information content (AvgIpc) is 2.35. The van der Waals surface area contributed by atoms with E-state index in [4.69, 9.17) is 0 Å². The zero-order valence-electron chi connectivity index (χ0n) is 4.69. The quantitative estimate of drug-likeness (QED) is 0.623. The molecule has 0 atom stereocenters. The van der Waals surface area contributed by atoms with Crippen molar-refractivity contribution in [2.24, 2.45) is 4.99 Å². The Kier molecular flexibility index (Phi) is 1.11. The van der Waals surface area contributed by atoms with Crippen molar-refractivity contribution in [2.45, 2.75) is 0 Å². The van der Waals surface area contributed by atoms with Crippen molar-refractivity contribution >= 4 is 28.8 Å². The van der Waals surface area contributed by atoms with Gasteiger partial charge < -0.3 is 5.32 Å². The lowest BCUT2D eigenvalue weighted by atomic mass is 10.4. The Morgan fingerprint density at radius 2 is 2.56 bits per heavy atom. The Balaban J connectivity index is 2.52. The number of hydrogen-bond acceptors (Lipinski definition) is 2. The first-order valence-corrected chi connectivity index (χ1v) is 3.83. The van der Waals surface area contributed by atoms with Gasteiger partial charge in [0.25, 0.3) is 0 Å². The molecule has 46 valence electrons. The number of hydrogen-bond donors (Lipinski definition) is 1. The van der Waals surface area contributed by atoms with Crippen LogP contribution in [0.1, 0.15) is 0 Å². The van der Waals surface area contributed by atoms with Gasteiger partial charge in [0.05, 0.1) is 11.4 Å². The summed E-state index contributed by atoms with van der Waals surface area (Å²) in [6.45, 7) is 0.957. The zero-order chi connectivity index (χ0) is 6.27. The number of nitrogens with zero attached hydrogens (tertiary/aromatic N) is 1. The van der Waals surface area contributed by atoms with Gasteiger partial charge in [-0.3, -0.25) is 4.99 Å². The molecule has 9 heavy (non-hydrogen) atoms. The molecule has 0 radical (unpaired) electrons. The number of rotatable bonds is 0. The zero-order valence-corrected chi connectivity index (χ0v) is 6.84. The Hall–Kier alpha value is -0.320. The fourth-order valence-electron chi connectivity index (χ4n) is 0.950. The smallest absolute Gasteiger partial charge is 0.0972 e. The molecule has 2 heterocycles. The van der Waals surface area contributed by atoms with Gasteiger partial charge in [-0.2, -0.15) is 0 Å². The van der Waals surface area contributed by atoms with Crippen LogP contribution in [0, 0.1) is 0 Å². The number of aliphatic imine (C=N–C) groups is 1. The summed E-state index contributed by atoms with van der Waals surface area (Å²) < 4.78 is 1.31. The van der Waals surface area contributed by atoms with Crippen molar-refractivity contribution in [1.82, 2.24) is 5.32 Å². The van der Waals surface area contributed by atoms with Crippen LogP contribution in [0.3, 0.4) is 0 Å². The maximum Gasteiger partial charge on any atom is 0.0972 e. The van der Waals surface area contributed by atoms with E-state index in [1.165, 1.54) is 9.28 Å². The van der Waals surface area contributed by atoms with Crippen LogP contribution in [-0.4, -0.2) is 12.8 Å². The topological polar surface area (TPSA) is 24.4 Å². The summed E-state index contributed by atoms with van der Waals surface area (Å²) in [5, 5.41) is 3.22. The van der Waals surface area contributed by atoms with Gasteiger partial charge in [0.2, 0.25) is 0 Å². The highest BCUT2D eigenvalue weighted by atomic mass is 127. The van der Waals surface area contributed by atoms with Crippen molar-refractivity contribution in [2.75, 3.05) is 6.54 Å². The second kappa shape index (κ2) is 1.83. The molecule has 0 aromatic carbocycles. The molecular formula is C6H5IN2. The summed E-state index contributed by atoms with van der Waals surface area (Å²) in [5.74, 6) is 0. The first kappa shape index (κ1) is 5.46. The Morgan fingerprint density at radius 3 is 3.33 bits per heavy atom. The van der Waals surface area contributed by atoms with Crippen LogP contribution >= 0.6 is 22.6 Å². The molecule has 0 fully saturated rings. The molecule has 0 spiro atoms. The Bertz CT molecular complexity index is 237. The fraction of sp³-hybridized carbons (Fsp3) is 0.167. The number of allylic oxidation sites excluding steroid dienone is 1. The van der Waals surface area contributed by atoms with E-state index < -0.39 is 0 Å². The molecular weight excluding hydrogens is 227 g/mol. The lowest BCUT2D eigenvalue weighted by molar-refractivity contribution is 0.976. The molecule has 2 aliphatic rings. The minimum atomic E-state index is 0.957. The molecule has 0 bridgehead atoms. The summed E-state index contributed by atoms with van der Waals surface area (Å²) in [6, 6.07) is 0. The first-order valence-electron chi connectivity index (χ1n) is 2.75. The van der Waals surface area contributed by atoms with Crippen molar-refractivity contribution in [1.29, 1.82) is 0 Å². The largest absolute Gasteiger partial charge is 0.379 e. The van der Waals surface area contributed by atoms with E-state index in [-0.39, 0.29) is 0 Å². The summed E-state index contributed by atoms with van der Waals surface area (Å²) in [6.07, 6.45) is 3.83. The molecule has 0 aliphatic carbocycles. The standard InChI is InChI=1S/C6H5IN2/c7-4-3-9-5-1-2-8-6(4)5/h1-2,9H,3H2. The van der Waals surface area contributed by atoms with Crippen LogP contribution in [-0.2, 0) is 0 Å². The maximum atomic E-state index is 4.17. The molecule has 0 saturated heterocycles. The van der Waals surface area contributed by atoms with E-state index in [1.807, 2.05) is 12.3 Å². The predicted octanol–water partition coefficient (Wildman–Crippen LogP) is 1.20. The van der Waals surface area contributed by atoms with E-state index in [0.717, 1.165) is 12.2 Å². The van der Waals surface area contributed by atoms with E-state index in [9.17, 15) is 0 Å². The van der Waals surface area contributed by atoms with E-state index in [2.05, 4.69) is 32.9 Å². The second-order valence-electron chi connectivity index (χ2n) is 1.97. The van der Waals surface area contributed by atoms with Gasteiger partial charge in [0.1, 0.15) is 0 Å². The van der Waals surface area contributed by atoms with Crippen LogP contribution in [0.4, 0.5) is 0 Å². The molecule has 0 saturated carbocycles. The van der Waals surface area contributed by atoms with Gasteiger partial charge in [-0.1, -0.05) is 0 Å². The number of fused-ring (bicyclic) bond motifs is 1. The van der Waals surface area contributed by atoms with E-state index in [1.54, 1.807) is 0 Å². The molecule has 2 rings (SSSR count). The van der Waals surface area contributed by atoms with Crippen LogP contribution < -0.4 is 5.32 Å².